The van der Waals surface area contributed by atoms with Gasteiger partial charge in [0, 0.05) is 24.8 Å². The fraction of sp³-hybridized carbons (Fsp3) is 0.615. The standard InChI is InChI=1S/C13H21ClN4O2/c1-9(2)5-11(8-17(3)4)16-13-12(18(19)20)6-10(14)7-15-13/h6-7,9,11H,5,8H2,1-4H3,(H,15,16). The summed E-state index contributed by atoms with van der Waals surface area (Å²) in [4.78, 5) is 16.7. The maximum absolute atomic E-state index is 11.1. The minimum atomic E-state index is -0.469. The van der Waals surface area contributed by atoms with E-state index in [-0.39, 0.29) is 22.6 Å². The predicted octanol–water partition coefficient (Wildman–Crippen LogP) is 3.03. The molecule has 0 bridgehead atoms. The summed E-state index contributed by atoms with van der Waals surface area (Å²) in [6.07, 6.45) is 2.32. The molecule has 0 spiro atoms. The quantitative estimate of drug-likeness (QED) is 0.619. The average molecular weight is 301 g/mol. The highest BCUT2D eigenvalue weighted by molar-refractivity contribution is 6.30. The highest BCUT2D eigenvalue weighted by Gasteiger charge is 2.20. The summed E-state index contributed by atoms with van der Waals surface area (Å²) < 4.78 is 0. The first-order valence-electron chi connectivity index (χ1n) is 6.50. The molecule has 7 heteroatoms. The van der Waals surface area contributed by atoms with E-state index in [0.717, 1.165) is 13.0 Å². The van der Waals surface area contributed by atoms with Crippen molar-refractivity contribution in [3.05, 3.63) is 27.4 Å². The van der Waals surface area contributed by atoms with Gasteiger partial charge >= 0.3 is 5.69 Å². The molecule has 1 aromatic rings. The third-order valence-electron chi connectivity index (χ3n) is 2.71. The van der Waals surface area contributed by atoms with Crippen LogP contribution in [0.1, 0.15) is 20.3 Å². The van der Waals surface area contributed by atoms with Crippen molar-refractivity contribution in [2.75, 3.05) is 26.0 Å². The molecule has 0 amide bonds. The first kappa shape index (κ1) is 16.7. The molecule has 1 rings (SSSR count). The molecule has 0 saturated carbocycles. The average Bonchev–Trinajstić information content (AvgIpc) is 2.29. The second kappa shape index (κ2) is 7.40. The number of hydrogen-bond acceptors (Lipinski definition) is 5. The lowest BCUT2D eigenvalue weighted by Gasteiger charge is -2.24. The lowest BCUT2D eigenvalue weighted by atomic mass is 10.0. The minimum absolute atomic E-state index is 0.0926. The Morgan fingerprint density at radius 3 is 2.65 bits per heavy atom. The molecule has 0 aliphatic carbocycles. The number of pyridine rings is 1. The van der Waals surface area contributed by atoms with Gasteiger partial charge in [0.1, 0.15) is 0 Å². The van der Waals surface area contributed by atoms with Crippen LogP contribution < -0.4 is 5.32 Å². The number of likely N-dealkylation sites (N-methyl/N-ethyl adjacent to an activating group) is 1. The fourth-order valence-electron chi connectivity index (χ4n) is 2.06. The summed E-state index contributed by atoms with van der Waals surface area (Å²) >= 11 is 5.76. The van der Waals surface area contributed by atoms with E-state index in [1.165, 1.54) is 12.3 Å². The van der Waals surface area contributed by atoms with E-state index in [4.69, 9.17) is 11.6 Å². The summed E-state index contributed by atoms with van der Waals surface area (Å²) in [6.45, 7) is 5.02. The highest BCUT2D eigenvalue weighted by Crippen LogP contribution is 2.26. The Morgan fingerprint density at radius 1 is 1.50 bits per heavy atom. The number of anilines is 1. The van der Waals surface area contributed by atoms with Crippen molar-refractivity contribution in [3.8, 4) is 0 Å². The van der Waals surface area contributed by atoms with Crippen LogP contribution in [0.3, 0.4) is 0 Å². The Morgan fingerprint density at radius 2 is 2.15 bits per heavy atom. The first-order valence-corrected chi connectivity index (χ1v) is 6.88. The number of aromatic nitrogens is 1. The summed E-state index contributed by atoms with van der Waals surface area (Å²) in [5.41, 5.74) is -0.0926. The van der Waals surface area contributed by atoms with E-state index >= 15 is 0 Å². The largest absolute Gasteiger partial charge is 0.360 e. The molecule has 0 fully saturated rings. The normalized spacial score (nSPS) is 12.8. The molecule has 1 heterocycles. The molecule has 1 N–H and O–H groups in total. The molecule has 1 unspecified atom stereocenters. The Bertz CT molecular complexity index is 456. The van der Waals surface area contributed by atoms with Crippen LogP contribution in [0.4, 0.5) is 11.5 Å². The lowest BCUT2D eigenvalue weighted by molar-refractivity contribution is -0.384. The Kier molecular flexibility index (Phi) is 6.16. The zero-order chi connectivity index (χ0) is 15.3. The Hall–Kier alpha value is -1.40. The third kappa shape index (κ3) is 5.30. The van der Waals surface area contributed by atoms with Crippen molar-refractivity contribution in [3.63, 3.8) is 0 Å². The van der Waals surface area contributed by atoms with Crippen LogP contribution in [0.15, 0.2) is 12.3 Å². The SMILES string of the molecule is CC(C)CC(CN(C)C)Nc1ncc(Cl)cc1[N+](=O)[O-]. The van der Waals surface area contributed by atoms with Gasteiger partial charge in [0.25, 0.3) is 0 Å². The van der Waals surface area contributed by atoms with E-state index in [1.54, 1.807) is 0 Å². The molecule has 0 aliphatic heterocycles. The summed E-state index contributed by atoms with van der Waals surface area (Å²) in [5, 5.41) is 14.5. The van der Waals surface area contributed by atoms with Gasteiger partial charge in [-0.25, -0.2) is 4.98 Å². The smallest absolute Gasteiger partial charge is 0.312 e. The molecule has 0 saturated heterocycles. The van der Waals surface area contributed by atoms with Crippen LogP contribution in [0.2, 0.25) is 5.02 Å². The van der Waals surface area contributed by atoms with Crippen LogP contribution in [0, 0.1) is 16.0 Å². The second-order valence-corrected chi connectivity index (χ2v) is 5.95. The van der Waals surface area contributed by atoms with Crippen LogP contribution in [0.5, 0.6) is 0 Å². The topological polar surface area (TPSA) is 71.3 Å². The van der Waals surface area contributed by atoms with E-state index in [0.29, 0.717) is 5.92 Å². The van der Waals surface area contributed by atoms with Crippen molar-refractivity contribution in [1.82, 2.24) is 9.88 Å². The molecular weight excluding hydrogens is 280 g/mol. The van der Waals surface area contributed by atoms with E-state index in [1.807, 2.05) is 19.0 Å². The molecular formula is C13H21ClN4O2. The summed E-state index contributed by atoms with van der Waals surface area (Å²) in [5.74, 6) is 0.755. The number of nitrogens with zero attached hydrogens (tertiary/aromatic N) is 3. The van der Waals surface area contributed by atoms with Gasteiger partial charge in [0.05, 0.1) is 9.95 Å². The fourth-order valence-corrected chi connectivity index (χ4v) is 2.21. The molecule has 0 aromatic carbocycles. The van der Waals surface area contributed by atoms with Crippen molar-refractivity contribution in [2.24, 2.45) is 5.92 Å². The molecule has 1 aromatic heterocycles. The lowest BCUT2D eigenvalue weighted by Crippen LogP contribution is -2.34. The van der Waals surface area contributed by atoms with Gasteiger partial charge in [0.15, 0.2) is 0 Å². The molecule has 0 aliphatic rings. The number of hydrogen-bond donors (Lipinski definition) is 1. The zero-order valence-corrected chi connectivity index (χ0v) is 13.0. The number of halogens is 1. The molecule has 1 atom stereocenters. The highest BCUT2D eigenvalue weighted by atomic mass is 35.5. The van der Waals surface area contributed by atoms with Crippen molar-refractivity contribution >= 4 is 23.1 Å². The van der Waals surface area contributed by atoms with Gasteiger partial charge < -0.3 is 10.2 Å². The van der Waals surface area contributed by atoms with Crippen LogP contribution >= 0.6 is 11.6 Å². The van der Waals surface area contributed by atoms with Gasteiger partial charge in [-0.15, -0.1) is 0 Å². The Labute approximate surface area is 124 Å². The first-order chi connectivity index (χ1) is 9.29. The maximum Gasteiger partial charge on any atom is 0.312 e. The van der Waals surface area contributed by atoms with Crippen molar-refractivity contribution in [1.29, 1.82) is 0 Å². The van der Waals surface area contributed by atoms with E-state index in [2.05, 4.69) is 24.1 Å². The van der Waals surface area contributed by atoms with Crippen LogP contribution in [0.25, 0.3) is 0 Å². The van der Waals surface area contributed by atoms with E-state index in [9.17, 15) is 10.1 Å². The molecule has 6 nitrogen and oxygen atoms in total. The monoisotopic (exact) mass is 300 g/mol. The summed E-state index contributed by atoms with van der Waals surface area (Å²) in [6, 6.07) is 1.41. The third-order valence-corrected chi connectivity index (χ3v) is 2.92. The number of nitro groups is 1. The molecule has 20 heavy (non-hydrogen) atoms. The van der Waals surface area contributed by atoms with E-state index < -0.39 is 4.92 Å². The van der Waals surface area contributed by atoms with Crippen molar-refractivity contribution < 1.29 is 4.92 Å². The van der Waals surface area contributed by atoms with Crippen LogP contribution in [-0.2, 0) is 0 Å². The molecule has 112 valence electrons. The van der Waals surface area contributed by atoms with Gasteiger partial charge in [-0.05, 0) is 26.4 Å². The molecule has 0 radical (unpaired) electrons. The zero-order valence-electron chi connectivity index (χ0n) is 12.3. The second-order valence-electron chi connectivity index (χ2n) is 5.51. The van der Waals surface area contributed by atoms with Gasteiger partial charge in [-0.2, -0.15) is 0 Å². The van der Waals surface area contributed by atoms with Crippen molar-refractivity contribution in [2.45, 2.75) is 26.3 Å². The maximum atomic E-state index is 11.1. The predicted molar refractivity (Wildman–Crippen MR) is 81.3 cm³/mol. The van der Waals surface area contributed by atoms with Gasteiger partial charge in [-0.1, -0.05) is 25.4 Å². The Balaban J connectivity index is 2.94. The summed E-state index contributed by atoms with van der Waals surface area (Å²) in [7, 11) is 3.94. The van der Waals surface area contributed by atoms with Gasteiger partial charge in [-0.3, -0.25) is 10.1 Å². The van der Waals surface area contributed by atoms with Crippen LogP contribution in [-0.4, -0.2) is 41.5 Å². The number of rotatable bonds is 7. The minimum Gasteiger partial charge on any atom is -0.360 e. The number of nitrogens with one attached hydrogen (secondary N) is 1. The van der Waals surface area contributed by atoms with Gasteiger partial charge in [0.2, 0.25) is 5.82 Å².